The third-order valence-electron chi connectivity index (χ3n) is 2.73. The lowest BCUT2D eigenvalue weighted by atomic mass is 10.2. The first-order valence-electron chi connectivity index (χ1n) is 5.52. The van der Waals surface area contributed by atoms with Crippen LogP contribution in [0.25, 0.3) is 0 Å². The molecule has 2 N–H and O–H groups in total. The number of aromatic carboxylic acids is 1. The van der Waals surface area contributed by atoms with Gasteiger partial charge in [0.1, 0.15) is 11.4 Å². The van der Waals surface area contributed by atoms with Crippen LogP contribution in [-0.2, 0) is 13.6 Å². The van der Waals surface area contributed by atoms with E-state index in [0.29, 0.717) is 6.07 Å². The van der Waals surface area contributed by atoms with Gasteiger partial charge < -0.3 is 10.4 Å². The van der Waals surface area contributed by atoms with Crippen molar-refractivity contribution in [3.05, 3.63) is 47.0 Å². The van der Waals surface area contributed by atoms with E-state index < -0.39 is 23.4 Å². The normalized spacial score (nSPS) is 10.6. The first kappa shape index (κ1) is 13.9. The average molecular weight is 285 g/mol. The number of benzene rings is 1. The molecule has 0 amide bonds. The van der Waals surface area contributed by atoms with Gasteiger partial charge in [-0.15, -0.1) is 0 Å². The van der Waals surface area contributed by atoms with E-state index >= 15 is 0 Å². The van der Waals surface area contributed by atoms with Crippen LogP contribution in [0, 0.1) is 17.5 Å². The molecular formula is C12H10F3N3O2. The van der Waals surface area contributed by atoms with Crippen LogP contribution < -0.4 is 5.32 Å². The first-order valence-corrected chi connectivity index (χ1v) is 5.52. The van der Waals surface area contributed by atoms with E-state index in [-0.39, 0.29) is 23.5 Å². The van der Waals surface area contributed by atoms with Crippen LogP contribution >= 0.6 is 0 Å². The Morgan fingerprint density at radius 1 is 1.40 bits per heavy atom. The lowest BCUT2D eigenvalue weighted by Gasteiger charge is -2.09. The largest absolute Gasteiger partial charge is 0.478 e. The molecule has 1 aromatic heterocycles. The molecule has 0 saturated carbocycles. The molecular weight excluding hydrogens is 275 g/mol. The monoisotopic (exact) mass is 285 g/mol. The maximum atomic E-state index is 13.4. The average Bonchev–Trinajstić information content (AvgIpc) is 2.73. The molecule has 0 aliphatic rings. The minimum Gasteiger partial charge on any atom is -0.478 e. The Morgan fingerprint density at radius 2 is 2.10 bits per heavy atom. The molecule has 0 aliphatic carbocycles. The van der Waals surface area contributed by atoms with Crippen LogP contribution in [0.15, 0.2) is 18.3 Å². The summed E-state index contributed by atoms with van der Waals surface area (Å²) in [5.41, 5.74) is -0.209. The number of halogens is 3. The number of nitrogens with one attached hydrogen (secondary N) is 1. The predicted molar refractivity (Wildman–Crippen MR) is 63.8 cm³/mol. The molecule has 106 valence electrons. The number of rotatable bonds is 4. The fraction of sp³-hybridized carbons (Fsp3) is 0.167. The third kappa shape index (κ3) is 2.58. The first-order chi connectivity index (χ1) is 9.40. The van der Waals surface area contributed by atoms with Gasteiger partial charge in [-0.25, -0.2) is 18.0 Å². The topological polar surface area (TPSA) is 67.2 Å². The highest BCUT2D eigenvalue weighted by Crippen LogP contribution is 2.20. The Balaban J connectivity index is 2.26. The van der Waals surface area contributed by atoms with Crippen LogP contribution in [0.4, 0.5) is 18.9 Å². The lowest BCUT2D eigenvalue weighted by Crippen LogP contribution is -2.11. The van der Waals surface area contributed by atoms with Gasteiger partial charge in [-0.2, -0.15) is 5.10 Å². The fourth-order valence-corrected chi connectivity index (χ4v) is 1.71. The fourth-order valence-electron chi connectivity index (χ4n) is 1.71. The van der Waals surface area contributed by atoms with Crippen LogP contribution in [-0.4, -0.2) is 20.9 Å². The van der Waals surface area contributed by atoms with Crippen molar-refractivity contribution in [2.75, 3.05) is 5.32 Å². The number of anilines is 1. The summed E-state index contributed by atoms with van der Waals surface area (Å²) in [6, 6.07) is 1.21. The van der Waals surface area contributed by atoms with Gasteiger partial charge in [-0.3, -0.25) is 4.68 Å². The van der Waals surface area contributed by atoms with E-state index in [9.17, 15) is 18.0 Å². The van der Waals surface area contributed by atoms with Crippen molar-refractivity contribution in [1.82, 2.24) is 9.78 Å². The molecule has 1 aromatic carbocycles. The SMILES string of the molecule is Cn1ncc(C(=O)O)c1CNc1cc(F)cc(F)c1F. The van der Waals surface area contributed by atoms with Crippen molar-refractivity contribution < 1.29 is 23.1 Å². The molecule has 2 aromatic rings. The summed E-state index contributed by atoms with van der Waals surface area (Å²) in [4.78, 5) is 10.9. The standard InChI is InChI=1S/C12H10F3N3O2/c1-18-10(7(4-17-18)12(19)20)5-16-9-3-6(13)2-8(14)11(9)15/h2-4,16H,5H2,1H3,(H,19,20). The van der Waals surface area contributed by atoms with Gasteiger partial charge in [0, 0.05) is 19.2 Å². The molecule has 0 spiro atoms. The Bertz CT molecular complexity index is 670. The summed E-state index contributed by atoms with van der Waals surface area (Å²) in [6.07, 6.45) is 1.14. The highest BCUT2D eigenvalue weighted by atomic mass is 19.2. The number of carboxylic acid groups (broad SMARTS) is 1. The zero-order valence-electron chi connectivity index (χ0n) is 10.3. The van der Waals surface area contributed by atoms with E-state index in [2.05, 4.69) is 10.4 Å². The molecule has 1 heterocycles. The van der Waals surface area contributed by atoms with Gasteiger partial charge >= 0.3 is 5.97 Å². The second-order valence-electron chi connectivity index (χ2n) is 4.04. The minimum absolute atomic E-state index is 0.0720. The third-order valence-corrected chi connectivity index (χ3v) is 2.73. The number of aromatic nitrogens is 2. The molecule has 0 aliphatic heterocycles. The summed E-state index contributed by atoms with van der Waals surface area (Å²) < 4.78 is 40.7. The number of nitrogens with zero attached hydrogens (tertiary/aromatic N) is 2. The van der Waals surface area contributed by atoms with E-state index in [1.165, 1.54) is 11.7 Å². The summed E-state index contributed by atoms with van der Waals surface area (Å²) in [6.45, 7) is -0.141. The van der Waals surface area contributed by atoms with Crippen molar-refractivity contribution in [2.45, 2.75) is 6.54 Å². The van der Waals surface area contributed by atoms with Gasteiger partial charge in [0.05, 0.1) is 24.1 Å². The Kier molecular flexibility index (Phi) is 3.64. The van der Waals surface area contributed by atoms with E-state index in [1.807, 2.05) is 0 Å². The molecule has 0 unspecified atom stereocenters. The Labute approximate surface area is 111 Å². The summed E-state index contributed by atoms with van der Waals surface area (Å²) >= 11 is 0. The number of hydrogen-bond donors (Lipinski definition) is 2. The highest BCUT2D eigenvalue weighted by Gasteiger charge is 2.16. The van der Waals surface area contributed by atoms with Gasteiger partial charge in [0.15, 0.2) is 11.6 Å². The molecule has 20 heavy (non-hydrogen) atoms. The maximum Gasteiger partial charge on any atom is 0.339 e. The van der Waals surface area contributed by atoms with Gasteiger partial charge in [0.2, 0.25) is 0 Å². The van der Waals surface area contributed by atoms with Crippen molar-refractivity contribution in [2.24, 2.45) is 7.05 Å². The Morgan fingerprint density at radius 3 is 2.75 bits per heavy atom. The minimum atomic E-state index is -1.32. The quantitative estimate of drug-likeness (QED) is 0.845. The molecule has 0 radical (unpaired) electrons. The maximum absolute atomic E-state index is 13.4. The van der Waals surface area contributed by atoms with Crippen molar-refractivity contribution in [3.8, 4) is 0 Å². The van der Waals surface area contributed by atoms with Crippen molar-refractivity contribution in [3.63, 3.8) is 0 Å². The van der Waals surface area contributed by atoms with Crippen LogP contribution in [0.5, 0.6) is 0 Å². The second kappa shape index (κ2) is 5.24. The Hall–Kier alpha value is -2.51. The summed E-state index contributed by atoms with van der Waals surface area (Å²) in [5.74, 6) is -4.68. The molecule has 0 fully saturated rings. The molecule has 5 nitrogen and oxygen atoms in total. The van der Waals surface area contributed by atoms with E-state index in [0.717, 1.165) is 12.3 Å². The second-order valence-corrected chi connectivity index (χ2v) is 4.04. The number of aryl methyl sites for hydroxylation is 1. The molecule has 8 heteroatoms. The lowest BCUT2D eigenvalue weighted by molar-refractivity contribution is 0.0695. The van der Waals surface area contributed by atoms with Gasteiger partial charge in [-0.1, -0.05) is 0 Å². The van der Waals surface area contributed by atoms with E-state index in [4.69, 9.17) is 5.11 Å². The smallest absolute Gasteiger partial charge is 0.339 e. The molecule has 0 bridgehead atoms. The zero-order valence-corrected chi connectivity index (χ0v) is 10.3. The van der Waals surface area contributed by atoms with Gasteiger partial charge in [0.25, 0.3) is 0 Å². The zero-order chi connectivity index (χ0) is 14.9. The van der Waals surface area contributed by atoms with Crippen molar-refractivity contribution in [1.29, 1.82) is 0 Å². The predicted octanol–water partition coefficient (Wildman–Crippen LogP) is 2.15. The molecule has 0 saturated heterocycles. The summed E-state index contributed by atoms with van der Waals surface area (Å²) in [5, 5.41) is 15.2. The summed E-state index contributed by atoms with van der Waals surface area (Å²) in [7, 11) is 1.51. The molecule has 2 rings (SSSR count). The number of hydrogen-bond acceptors (Lipinski definition) is 3. The molecule has 0 atom stereocenters. The number of carbonyl (C=O) groups is 1. The van der Waals surface area contributed by atoms with E-state index in [1.54, 1.807) is 0 Å². The number of carboxylic acids is 1. The van der Waals surface area contributed by atoms with Gasteiger partial charge in [-0.05, 0) is 0 Å². The van der Waals surface area contributed by atoms with Crippen LogP contribution in [0.3, 0.4) is 0 Å². The van der Waals surface area contributed by atoms with Crippen molar-refractivity contribution >= 4 is 11.7 Å². The van der Waals surface area contributed by atoms with Crippen LogP contribution in [0.2, 0.25) is 0 Å². The van der Waals surface area contributed by atoms with Crippen LogP contribution in [0.1, 0.15) is 16.1 Å². The highest BCUT2D eigenvalue weighted by molar-refractivity contribution is 5.88.